The van der Waals surface area contributed by atoms with Gasteiger partial charge in [0.25, 0.3) is 0 Å². The molecule has 1 atom stereocenters. The third-order valence-corrected chi connectivity index (χ3v) is 4.79. The van der Waals surface area contributed by atoms with Crippen molar-refractivity contribution < 1.29 is 0 Å². The maximum absolute atomic E-state index is 5.79. The third kappa shape index (κ3) is 2.97. The number of nitrogens with one attached hydrogen (secondary N) is 1. The summed E-state index contributed by atoms with van der Waals surface area (Å²) in [5, 5.41) is 1.11. The second kappa shape index (κ2) is 5.93. The summed E-state index contributed by atoms with van der Waals surface area (Å²) in [7, 11) is 0. The largest absolute Gasteiger partial charge is 0.271 e. The highest BCUT2D eigenvalue weighted by Crippen LogP contribution is 2.27. The van der Waals surface area contributed by atoms with Gasteiger partial charge < -0.3 is 0 Å². The Hall–Kier alpha value is -1.75. The summed E-state index contributed by atoms with van der Waals surface area (Å²) in [6.45, 7) is 4.23. The SMILES string of the molecule is Cc1ccc(C)c(C(Cc2nc3ccccc3s2)NN)c1. The number of nitrogens with two attached hydrogens (primary N) is 1. The predicted octanol–water partition coefficient (Wildman–Crippen LogP) is 3.66. The molecule has 1 aromatic heterocycles. The summed E-state index contributed by atoms with van der Waals surface area (Å²) >= 11 is 1.74. The van der Waals surface area contributed by atoms with Crippen molar-refractivity contribution in [3.8, 4) is 0 Å². The molecule has 0 bridgehead atoms. The molecular weight excluding hydrogens is 278 g/mol. The molecule has 0 saturated carbocycles. The van der Waals surface area contributed by atoms with E-state index < -0.39 is 0 Å². The molecule has 2 aromatic carbocycles. The molecular formula is C17H19N3S. The van der Waals surface area contributed by atoms with Crippen LogP contribution < -0.4 is 11.3 Å². The van der Waals surface area contributed by atoms with Crippen LogP contribution in [0, 0.1) is 13.8 Å². The quantitative estimate of drug-likeness (QED) is 0.571. The van der Waals surface area contributed by atoms with E-state index in [0.29, 0.717) is 0 Å². The van der Waals surface area contributed by atoms with E-state index in [1.165, 1.54) is 21.4 Å². The van der Waals surface area contributed by atoms with Gasteiger partial charge in [0.15, 0.2) is 0 Å². The fraction of sp³-hybridized carbons (Fsp3) is 0.235. The predicted molar refractivity (Wildman–Crippen MR) is 89.3 cm³/mol. The maximum atomic E-state index is 5.79. The fourth-order valence-corrected chi connectivity index (χ4v) is 3.59. The van der Waals surface area contributed by atoms with Crippen molar-refractivity contribution in [1.29, 1.82) is 0 Å². The van der Waals surface area contributed by atoms with Gasteiger partial charge in [0.2, 0.25) is 0 Å². The Morgan fingerprint density at radius 1 is 1.19 bits per heavy atom. The molecule has 0 amide bonds. The number of hydrogen-bond donors (Lipinski definition) is 2. The van der Waals surface area contributed by atoms with E-state index in [1.807, 2.05) is 12.1 Å². The number of para-hydroxylation sites is 1. The van der Waals surface area contributed by atoms with E-state index in [2.05, 4.69) is 49.6 Å². The summed E-state index contributed by atoms with van der Waals surface area (Å²) < 4.78 is 1.23. The molecule has 3 nitrogen and oxygen atoms in total. The molecule has 0 aliphatic heterocycles. The number of hydrogen-bond acceptors (Lipinski definition) is 4. The highest BCUT2D eigenvalue weighted by atomic mass is 32.1. The summed E-state index contributed by atoms with van der Waals surface area (Å²) in [4.78, 5) is 4.70. The average Bonchev–Trinajstić information content (AvgIpc) is 2.90. The van der Waals surface area contributed by atoms with Gasteiger partial charge in [-0.15, -0.1) is 11.3 Å². The number of aromatic nitrogens is 1. The minimum Gasteiger partial charge on any atom is -0.271 e. The van der Waals surface area contributed by atoms with Gasteiger partial charge in [-0.2, -0.15) is 0 Å². The first-order valence-corrected chi connectivity index (χ1v) is 7.87. The van der Waals surface area contributed by atoms with Crippen LogP contribution in [0.15, 0.2) is 42.5 Å². The smallest absolute Gasteiger partial charge is 0.0958 e. The summed E-state index contributed by atoms with van der Waals surface area (Å²) in [6, 6.07) is 14.8. The Labute approximate surface area is 128 Å². The van der Waals surface area contributed by atoms with E-state index in [0.717, 1.165) is 16.9 Å². The molecule has 4 heteroatoms. The molecule has 0 aliphatic carbocycles. The van der Waals surface area contributed by atoms with Gasteiger partial charge in [-0.3, -0.25) is 11.3 Å². The molecule has 3 aromatic rings. The first kappa shape index (κ1) is 14.2. The molecule has 3 N–H and O–H groups in total. The molecule has 0 spiro atoms. The van der Waals surface area contributed by atoms with Gasteiger partial charge in [0.1, 0.15) is 0 Å². The maximum Gasteiger partial charge on any atom is 0.0958 e. The number of hydrazine groups is 1. The van der Waals surface area contributed by atoms with E-state index >= 15 is 0 Å². The van der Waals surface area contributed by atoms with E-state index in [9.17, 15) is 0 Å². The highest BCUT2D eigenvalue weighted by molar-refractivity contribution is 7.18. The molecule has 0 fully saturated rings. The Morgan fingerprint density at radius 3 is 2.76 bits per heavy atom. The van der Waals surface area contributed by atoms with Crippen LogP contribution in [0.4, 0.5) is 0 Å². The average molecular weight is 297 g/mol. The Bertz CT molecular complexity index is 731. The van der Waals surface area contributed by atoms with Crippen LogP contribution in [0.2, 0.25) is 0 Å². The van der Waals surface area contributed by atoms with Gasteiger partial charge in [0.05, 0.1) is 21.3 Å². The lowest BCUT2D eigenvalue weighted by Crippen LogP contribution is -2.30. The molecule has 108 valence electrons. The number of fused-ring (bicyclic) bond motifs is 1. The minimum absolute atomic E-state index is 0.0884. The van der Waals surface area contributed by atoms with Crippen molar-refractivity contribution in [2.45, 2.75) is 26.3 Å². The third-order valence-electron chi connectivity index (χ3n) is 3.73. The van der Waals surface area contributed by atoms with Crippen LogP contribution in [0.5, 0.6) is 0 Å². The zero-order valence-corrected chi connectivity index (χ0v) is 13.1. The van der Waals surface area contributed by atoms with Gasteiger partial charge in [-0.1, -0.05) is 35.9 Å². The van der Waals surface area contributed by atoms with Crippen LogP contribution in [0.25, 0.3) is 10.2 Å². The van der Waals surface area contributed by atoms with Crippen LogP contribution in [0.1, 0.15) is 27.7 Å². The normalized spacial score (nSPS) is 12.7. The summed E-state index contributed by atoms with van der Waals surface area (Å²) in [5.74, 6) is 5.79. The number of aryl methyl sites for hydroxylation is 2. The molecule has 0 aliphatic rings. The zero-order chi connectivity index (χ0) is 14.8. The summed E-state index contributed by atoms with van der Waals surface area (Å²) in [5.41, 5.74) is 7.76. The molecule has 21 heavy (non-hydrogen) atoms. The van der Waals surface area contributed by atoms with Crippen LogP contribution in [-0.2, 0) is 6.42 Å². The number of thiazole rings is 1. The van der Waals surface area contributed by atoms with E-state index in [1.54, 1.807) is 11.3 Å². The van der Waals surface area contributed by atoms with Crippen molar-refractivity contribution >= 4 is 21.6 Å². The first-order chi connectivity index (χ1) is 10.2. The second-order valence-electron chi connectivity index (χ2n) is 5.36. The first-order valence-electron chi connectivity index (χ1n) is 7.05. The second-order valence-corrected chi connectivity index (χ2v) is 6.47. The number of benzene rings is 2. The van der Waals surface area contributed by atoms with Gasteiger partial charge in [-0.25, -0.2) is 4.98 Å². The Kier molecular flexibility index (Phi) is 4.01. The number of rotatable bonds is 4. The van der Waals surface area contributed by atoms with E-state index in [-0.39, 0.29) is 6.04 Å². The monoisotopic (exact) mass is 297 g/mol. The topological polar surface area (TPSA) is 50.9 Å². The standard InChI is InChI=1S/C17H19N3S/c1-11-7-8-12(2)13(9-11)15(20-18)10-17-19-14-5-3-4-6-16(14)21-17/h3-9,15,20H,10,18H2,1-2H3. The lowest BCUT2D eigenvalue weighted by Gasteiger charge is -2.18. The molecule has 3 rings (SSSR count). The lowest BCUT2D eigenvalue weighted by molar-refractivity contribution is 0.548. The van der Waals surface area contributed by atoms with Gasteiger partial charge >= 0.3 is 0 Å². The van der Waals surface area contributed by atoms with E-state index in [4.69, 9.17) is 10.8 Å². The van der Waals surface area contributed by atoms with Crippen molar-refractivity contribution in [2.75, 3.05) is 0 Å². The Morgan fingerprint density at radius 2 is 2.00 bits per heavy atom. The van der Waals surface area contributed by atoms with Gasteiger partial charge in [0, 0.05) is 6.42 Å². The number of nitrogens with zero attached hydrogens (tertiary/aromatic N) is 1. The zero-order valence-electron chi connectivity index (χ0n) is 12.3. The van der Waals surface area contributed by atoms with Crippen LogP contribution >= 0.6 is 11.3 Å². The molecule has 0 saturated heterocycles. The summed E-state index contributed by atoms with van der Waals surface area (Å²) in [6.07, 6.45) is 0.806. The lowest BCUT2D eigenvalue weighted by atomic mass is 9.97. The molecule has 1 heterocycles. The van der Waals surface area contributed by atoms with Crippen molar-refractivity contribution in [1.82, 2.24) is 10.4 Å². The van der Waals surface area contributed by atoms with Gasteiger partial charge in [-0.05, 0) is 37.1 Å². The highest BCUT2D eigenvalue weighted by Gasteiger charge is 2.15. The molecule has 0 radical (unpaired) electrons. The van der Waals surface area contributed by atoms with Crippen LogP contribution in [-0.4, -0.2) is 4.98 Å². The molecule has 1 unspecified atom stereocenters. The van der Waals surface area contributed by atoms with Crippen molar-refractivity contribution in [3.63, 3.8) is 0 Å². The minimum atomic E-state index is 0.0884. The fourth-order valence-electron chi connectivity index (χ4n) is 2.58. The Balaban J connectivity index is 1.91. The van der Waals surface area contributed by atoms with Crippen LogP contribution in [0.3, 0.4) is 0 Å². The van der Waals surface area contributed by atoms with Crippen molar-refractivity contribution in [2.24, 2.45) is 5.84 Å². The van der Waals surface area contributed by atoms with Crippen molar-refractivity contribution in [3.05, 3.63) is 64.2 Å².